The zero-order valence-electron chi connectivity index (χ0n) is 12.9. The van der Waals surface area contributed by atoms with Crippen molar-refractivity contribution < 1.29 is 9.59 Å². The first-order valence-corrected chi connectivity index (χ1v) is 7.67. The molecule has 3 heterocycles. The van der Waals surface area contributed by atoms with E-state index in [2.05, 4.69) is 15.2 Å². The number of aromatic nitrogens is 4. The molecule has 1 aromatic carbocycles. The maximum absolute atomic E-state index is 12.6. The van der Waals surface area contributed by atoms with Gasteiger partial charge >= 0.3 is 0 Å². The summed E-state index contributed by atoms with van der Waals surface area (Å²) < 4.78 is 1.78. The van der Waals surface area contributed by atoms with Crippen molar-refractivity contribution in [3.05, 3.63) is 47.7 Å². The molecule has 0 atom stereocenters. The highest BCUT2D eigenvalue weighted by Gasteiger charge is 2.25. The van der Waals surface area contributed by atoms with Gasteiger partial charge in [0.15, 0.2) is 0 Å². The number of para-hydroxylation sites is 1. The van der Waals surface area contributed by atoms with Gasteiger partial charge < -0.3 is 15.2 Å². The van der Waals surface area contributed by atoms with Crippen LogP contribution in [-0.2, 0) is 24.3 Å². The van der Waals surface area contributed by atoms with Crippen LogP contribution in [0, 0.1) is 0 Å². The Kier molecular flexibility index (Phi) is 3.30. The number of hydrogen-bond acceptors (Lipinski definition) is 4. The van der Waals surface area contributed by atoms with Crippen LogP contribution in [0.5, 0.6) is 0 Å². The SMILES string of the molecule is NC(=O)c1cnc2n1CCN(C(=O)Cc1[nH]nc3ccccc13)C2. The van der Waals surface area contributed by atoms with Crippen molar-refractivity contribution in [3.8, 4) is 0 Å². The summed E-state index contributed by atoms with van der Waals surface area (Å²) in [7, 11) is 0. The van der Waals surface area contributed by atoms with E-state index in [9.17, 15) is 9.59 Å². The van der Waals surface area contributed by atoms with Gasteiger partial charge in [-0.1, -0.05) is 18.2 Å². The maximum atomic E-state index is 12.6. The number of amides is 2. The molecule has 8 nitrogen and oxygen atoms in total. The number of fused-ring (bicyclic) bond motifs is 2. The van der Waals surface area contributed by atoms with Crippen molar-refractivity contribution in [2.24, 2.45) is 5.73 Å². The maximum Gasteiger partial charge on any atom is 0.266 e. The van der Waals surface area contributed by atoms with E-state index in [1.807, 2.05) is 24.3 Å². The summed E-state index contributed by atoms with van der Waals surface area (Å²) in [4.78, 5) is 29.9. The highest BCUT2D eigenvalue weighted by molar-refractivity contribution is 5.91. The van der Waals surface area contributed by atoms with Crippen molar-refractivity contribution in [2.45, 2.75) is 19.5 Å². The van der Waals surface area contributed by atoms with E-state index in [0.717, 1.165) is 16.6 Å². The summed E-state index contributed by atoms with van der Waals surface area (Å²) in [6.45, 7) is 1.41. The number of nitrogens with one attached hydrogen (secondary N) is 1. The molecule has 8 heteroatoms. The predicted octanol–water partition coefficient (Wildman–Crippen LogP) is 0.443. The van der Waals surface area contributed by atoms with Crippen molar-refractivity contribution >= 4 is 22.7 Å². The summed E-state index contributed by atoms with van der Waals surface area (Å²) in [6.07, 6.45) is 1.72. The first-order valence-electron chi connectivity index (χ1n) is 7.67. The van der Waals surface area contributed by atoms with Crippen LogP contribution in [0.25, 0.3) is 10.9 Å². The third-order valence-electron chi connectivity index (χ3n) is 4.34. The molecular formula is C16H16N6O2. The third-order valence-corrected chi connectivity index (χ3v) is 4.34. The number of nitrogens with zero attached hydrogens (tertiary/aromatic N) is 4. The van der Waals surface area contributed by atoms with Gasteiger partial charge in [0.25, 0.3) is 5.91 Å². The summed E-state index contributed by atoms with van der Waals surface area (Å²) in [5.41, 5.74) is 7.37. The van der Waals surface area contributed by atoms with Crippen LogP contribution in [0.1, 0.15) is 22.0 Å². The first kappa shape index (κ1) is 14.4. The Morgan fingerprint density at radius 2 is 2.08 bits per heavy atom. The van der Waals surface area contributed by atoms with Crippen molar-refractivity contribution in [3.63, 3.8) is 0 Å². The number of carbonyl (C=O) groups excluding carboxylic acids is 2. The minimum absolute atomic E-state index is 0.000668. The van der Waals surface area contributed by atoms with Crippen LogP contribution >= 0.6 is 0 Å². The zero-order valence-corrected chi connectivity index (χ0v) is 12.9. The monoisotopic (exact) mass is 324 g/mol. The fraction of sp³-hybridized carbons (Fsp3) is 0.250. The topological polar surface area (TPSA) is 110 Å². The fourth-order valence-corrected chi connectivity index (χ4v) is 3.08. The van der Waals surface area contributed by atoms with Gasteiger partial charge in [0.05, 0.1) is 30.4 Å². The molecule has 0 radical (unpaired) electrons. The second-order valence-electron chi connectivity index (χ2n) is 5.79. The second-order valence-corrected chi connectivity index (χ2v) is 5.79. The lowest BCUT2D eigenvalue weighted by Crippen LogP contribution is -2.40. The summed E-state index contributed by atoms with van der Waals surface area (Å²) in [6, 6.07) is 7.69. The molecule has 1 aliphatic heterocycles. The van der Waals surface area contributed by atoms with Crippen LogP contribution in [0.4, 0.5) is 0 Å². The Hall–Kier alpha value is -3.16. The molecule has 0 fully saturated rings. The minimum atomic E-state index is -0.502. The summed E-state index contributed by atoms with van der Waals surface area (Å²) in [5.74, 6) is 0.176. The van der Waals surface area contributed by atoms with Crippen LogP contribution in [-0.4, -0.2) is 43.0 Å². The van der Waals surface area contributed by atoms with E-state index in [1.165, 1.54) is 6.20 Å². The lowest BCUT2D eigenvalue weighted by atomic mass is 10.1. The van der Waals surface area contributed by atoms with Gasteiger partial charge in [-0.05, 0) is 6.07 Å². The predicted molar refractivity (Wildman–Crippen MR) is 86.0 cm³/mol. The number of hydrogen-bond donors (Lipinski definition) is 2. The lowest BCUT2D eigenvalue weighted by molar-refractivity contribution is -0.132. The molecule has 0 bridgehead atoms. The highest BCUT2D eigenvalue weighted by atomic mass is 16.2. The molecule has 0 saturated heterocycles. The number of primary amides is 1. The molecule has 0 unspecified atom stereocenters. The number of carbonyl (C=O) groups is 2. The van der Waals surface area contributed by atoms with E-state index in [-0.39, 0.29) is 12.3 Å². The number of H-pyrrole nitrogens is 1. The molecule has 3 aromatic rings. The fourth-order valence-electron chi connectivity index (χ4n) is 3.08. The first-order chi connectivity index (χ1) is 11.6. The van der Waals surface area contributed by atoms with Gasteiger partial charge in [-0.2, -0.15) is 5.10 Å². The third kappa shape index (κ3) is 2.32. The van der Waals surface area contributed by atoms with Gasteiger partial charge in [-0.3, -0.25) is 14.7 Å². The number of benzene rings is 1. The minimum Gasteiger partial charge on any atom is -0.364 e. The van der Waals surface area contributed by atoms with Gasteiger partial charge in [0.2, 0.25) is 5.91 Å². The molecular weight excluding hydrogens is 308 g/mol. The normalized spacial score (nSPS) is 13.9. The number of imidazole rings is 1. The molecule has 24 heavy (non-hydrogen) atoms. The summed E-state index contributed by atoms with van der Waals surface area (Å²) >= 11 is 0. The van der Waals surface area contributed by atoms with Crippen LogP contribution in [0.15, 0.2) is 30.5 Å². The van der Waals surface area contributed by atoms with E-state index in [4.69, 9.17) is 5.73 Å². The van der Waals surface area contributed by atoms with Crippen molar-refractivity contribution in [2.75, 3.05) is 6.54 Å². The lowest BCUT2D eigenvalue weighted by Gasteiger charge is -2.28. The van der Waals surface area contributed by atoms with Gasteiger partial charge in [0.1, 0.15) is 11.5 Å². The molecule has 0 spiro atoms. The number of rotatable bonds is 3. The Balaban J connectivity index is 1.52. The Morgan fingerprint density at radius 3 is 2.92 bits per heavy atom. The van der Waals surface area contributed by atoms with Crippen molar-refractivity contribution in [1.82, 2.24) is 24.6 Å². The average molecular weight is 324 g/mol. The molecule has 0 aliphatic carbocycles. The number of aromatic amines is 1. The van der Waals surface area contributed by atoms with E-state index < -0.39 is 5.91 Å². The second kappa shape index (κ2) is 5.48. The largest absolute Gasteiger partial charge is 0.364 e. The molecule has 4 rings (SSSR count). The zero-order chi connectivity index (χ0) is 16.7. The molecule has 1 aliphatic rings. The van der Waals surface area contributed by atoms with Crippen LogP contribution in [0.3, 0.4) is 0 Å². The highest BCUT2D eigenvalue weighted by Crippen LogP contribution is 2.18. The molecule has 122 valence electrons. The van der Waals surface area contributed by atoms with Crippen LogP contribution in [0.2, 0.25) is 0 Å². The van der Waals surface area contributed by atoms with Crippen molar-refractivity contribution in [1.29, 1.82) is 0 Å². The smallest absolute Gasteiger partial charge is 0.266 e. The summed E-state index contributed by atoms with van der Waals surface area (Å²) in [5, 5.41) is 8.11. The average Bonchev–Trinajstić information content (AvgIpc) is 3.18. The van der Waals surface area contributed by atoms with E-state index in [0.29, 0.717) is 31.2 Å². The quantitative estimate of drug-likeness (QED) is 0.728. The molecule has 3 N–H and O–H groups in total. The van der Waals surface area contributed by atoms with E-state index in [1.54, 1.807) is 9.47 Å². The Morgan fingerprint density at radius 1 is 1.25 bits per heavy atom. The van der Waals surface area contributed by atoms with Gasteiger partial charge in [-0.25, -0.2) is 4.98 Å². The standard InChI is InChI=1S/C16H16N6O2/c17-16(24)13-8-18-14-9-21(5-6-22(13)14)15(23)7-12-10-3-1-2-4-11(10)19-20-12/h1-4,8H,5-7,9H2,(H2,17,24)(H,19,20). The Bertz CT molecular complexity index is 941. The molecule has 2 amide bonds. The van der Waals surface area contributed by atoms with Gasteiger partial charge in [-0.15, -0.1) is 0 Å². The van der Waals surface area contributed by atoms with Crippen LogP contribution < -0.4 is 5.73 Å². The number of nitrogens with two attached hydrogens (primary N) is 1. The molecule has 2 aromatic heterocycles. The van der Waals surface area contributed by atoms with E-state index >= 15 is 0 Å². The molecule has 0 saturated carbocycles. The van der Waals surface area contributed by atoms with Gasteiger partial charge in [0, 0.05) is 18.5 Å². The Labute approximate surface area is 137 Å².